The fraction of sp³-hybridized carbons (Fsp3) is 0.280. The smallest absolute Gasteiger partial charge is 0.269 e. The van der Waals surface area contributed by atoms with Gasteiger partial charge < -0.3 is 14.8 Å². The average molecular weight is 453 g/mol. The molecule has 0 spiro atoms. The maximum absolute atomic E-state index is 11.1. The van der Waals surface area contributed by atoms with Crippen molar-refractivity contribution in [1.82, 2.24) is 5.32 Å². The number of nitrogens with zero attached hydrogens (tertiary/aromatic N) is 1. The van der Waals surface area contributed by atoms with Gasteiger partial charge in [-0.1, -0.05) is 66.2 Å². The van der Waals surface area contributed by atoms with Crippen molar-refractivity contribution in [2.75, 3.05) is 13.1 Å². The van der Waals surface area contributed by atoms with Crippen LogP contribution < -0.4 is 5.32 Å². The number of nitro groups is 1. The number of piperidine rings is 1. The molecule has 3 aromatic rings. The van der Waals surface area contributed by atoms with E-state index in [0.29, 0.717) is 18.2 Å². The standard InChI is InChI=1S/C25H25ClN2O4/c26-22-11-9-21(10-12-22)25(32-18-19-5-2-1-3-6-19)13-14-27-16-24(25)31-17-20-7-4-8-23(15-20)28(29)30/h1-12,15,24,27H,13-14,16-18H2. The van der Waals surface area contributed by atoms with Crippen LogP contribution in [0.25, 0.3) is 0 Å². The molecule has 0 saturated carbocycles. The first kappa shape index (κ1) is 22.4. The first-order valence-corrected chi connectivity index (χ1v) is 10.9. The van der Waals surface area contributed by atoms with Gasteiger partial charge in [-0.05, 0) is 41.8 Å². The second-order valence-corrected chi connectivity index (χ2v) is 8.29. The van der Waals surface area contributed by atoms with E-state index in [1.807, 2.05) is 60.7 Å². The monoisotopic (exact) mass is 452 g/mol. The molecule has 1 heterocycles. The van der Waals surface area contributed by atoms with Crippen molar-refractivity contribution in [2.24, 2.45) is 0 Å². The predicted molar refractivity (Wildman–Crippen MR) is 124 cm³/mol. The van der Waals surface area contributed by atoms with Crippen LogP contribution in [0.2, 0.25) is 5.02 Å². The first-order chi connectivity index (χ1) is 15.6. The Labute approximate surface area is 192 Å². The van der Waals surface area contributed by atoms with Gasteiger partial charge in [0.05, 0.1) is 18.1 Å². The molecule has 1 aliphatic heterocycles. The Morgan fingerprint density at radius 3 is 2.50 bits per heavy atom. The highest BCUT2D eigenvalue weighted by molar-refractivity contribution is 6.30. The fourth-order valence-electron chi connectivity index (χ4n) is 4.08. The quantitative estimate of drug-likeness (QED) is 0.373. The second kappa shape index (κ2) is 10.2. The van der Waals surface area contributed by atoms with Gasteiger partial charge in [0.2, 0.25) is 0 Å². The van der Waals surface area contributed by atoms with Crippen molar-refractivity contribution in [3.8, 4) is 0 Å². The van der Waals surface area contributed by atoms with E-state index in [1.54, 1.807) is 12.1 Å². The zero-order valence-electron chi connectivity index (χ0n) is 17.6. The Kier molecular flexibility index (Phi) is 7.17. The largest absolute Gasteiger partial charge is 0.369 e. The van der Waals surface area contributed by atoms with Crippen molar-refractivity contribution >= 4 is 17.3 Å². The van der Waals surface area contributed by atoms with E-state index < -0.39 is 10.5 Å². The summed E-state index contributed by atoms with van der Waals surface area (Å²) < 4.78 is 13.0. The van der Waals surface area contributed by atoms with Crippen LogP contribution >= 0.6 is 11.6 Å². The minimum Gasteiger partial charge on any atom is -0.369 e. The van der Waals surface area contributed by atoms with Crippen LogP contribution in [0.1, 0.15) is 23.1 Å². The summed E-state index contributed by atoms with van der Waals surface area (Å²) in [5.41, 5.74) is 2.21. The average Bonchev–Trinajstić information content (AvgIpc) is 2.83. The summed E-state index contributed by atoms with van der Waals surface area (Å²) >= 11 is 6.15. The highest BCUT2D eigenvalue weighted by atomic mass is 35.5. The van der Waals surface area contributed by atoms with Gasteiger partial charge in [-0.25, -0.2) is 0 Å². The molecular formula is C25H25ClN2O4. The van der Waals surface area contributed by atoms with Crippen LogP contribution in [0.5, 0.6) is 0 Å². The molecule has 0 amide bonds. The van der Waals surface area contributed by atoms with Crippen molar-refractivity contribution in [1.29, 1.82) is 0 Å². The van der Waals surface area contributed by atoms with E-state index in [0.717, 1.165) is 29.7 Å². The van der Waals surface area contributed by atoms with Crippen LogP contribution in [-0.4, -0.2) is 24.1 Å². The van der Waals surface area contributed by atoms with E-state index in [1.165, 1.54) is 6.07 Å². The summed E-state index contributed by atoms with van der Waals surface area (Å²) in [6, 6.07) is 24.3. The number of nitro benzene ring substituents is 1. The van der Waals surface area contributed by atoms with Gasteiger partial charge >= 0.3 is 0 Å². The second-order valence-electron chi connectivity index (χ2n) is 7.85. The van der Waals surface area contributed by atoms with Gasteiger partial charge in [0.15, 0.2) is 0 Å². The molecule has 32 heavy (non-hydrogen) atoms. The minimum absolute atomic E-state index is 0.0529. The molecule has 6 nitrogen and oxygen atoms in total. The molecule has 0 bridgehead atoms. The number of non-ortho nitro benzene ring substituents is 1. The lowest BCUT2D eigenvalue weighted by Gasteiger charge is -2.44. The van der Waals surface area contributed by atoms with Crippen molar-refractivity contribution in [3.63, 3.8) is 0 Å². The lowest BCUT2D eigenvalue weighted by Crippen LogP contribution is -2.54. The zero-order valence-corrected chi connectivity index (χ0v) is 18.3. The molecule has 2 atom stereocenters. The molecule has 7 heteroatoms. The molecule has 1 fully saturated rings. The van der Waals surface area contributed by atoms with Crippen LogP contribution in [0, 0.1) is 10.1 Å². The van der Waals surface area contributed by atoms with Gasteiger partial charge in [0.25, 0.3) is 5.69 Å². The molecule has 1 N–H and O–H groups in total. The fourth-order valence-corrected chi connectivity index (χ4v) is 4.21. The van der Waals surface area contributed by atoms with E-state index in [-0.39, 0.29) is 18.4 Å². The summed E-state index contributed by atoms with van der Waals surface area (Å²) in [4.78, 5) is 10.7. The summed E-state index contributed by atoms with van der Waals surface area (Å²) in [5.74, 6) is 0. The SMILES string of the molecule is O=[N+]([O-])c1cccc(COC2CNCCC2(OCc2ccccc2)c2ccc(Cl)cc2)c1. The number of hydrogen-bond acceptors (Lipinski definition) is 5. The van der Waals surface area contributed by atoms with Crippen molar-refractivity contribution in [3.05, 3.63) is 111 Å². The van der Waals surface area contributed by atoms with Crippen LogP contribution in [0.4, 0.5) is 5.69 Å². The molecule has 4 rings (SSSR count). The molecular weight excluding hydrogens is 428 g/mol. The molecule has 2 unspecified atom stereocenters. The topological polar surface area (TPSA) is 73.6 Å². The van der Waals surface area contributed by atoms with E-state index in [2.05, 4.69) is 5.32 Å². The van der Waals surface area contributed by atoms with Crippen LogP contribution in [-0.2, 0) is 28.3 Å². The number of halogens is 1. The van der Waals surface area contributed by atoms with Gasteiger partial charge in [-0.15, -0.1) is 0 Å². The molecule has 1 saturated heterocycles. The van der Waals surface area contributed by atoms with Gasteiger partial charge in [0.1, 0.15) is 11.7 Å². The maximum atomic E-state index is 11.1. The predicted octanol–water partition coefficient (Wildman–Crippen LogP) is 5.24. The Morgan fingerprint density at radius 2 is 1.75 bits per heavy atom. The van der Waals surface area contributed by atoms with Gasteiger partial charge in [0, 0.05) is 23.7 Å². The van der Waals surface area contributed by atoms with Gasteiger partial charge in [-0.3, -0.25) is 10.1 Å². The van der Waals surface area contributed by atoms with Crippen molar-refractivity contribution in [2.45, 2.75) is 31.3 Å². The summed E-state index contributed by atoms with van der Waals surface area (Å²) in [5, 5.41) is 15.2. The van der Waals surface area contributed by atoms with Crippen molar-refractivity contribution < 1.29 is 14.4 Å². The Balaban J connectivity index is 1.60. The van der Waals surface area contributed by atoms with E-state index in [4.69, 9.17) is 21.1 Å². The minimum atomic E-state index is -0.674. The molecule has 0 radical (unpaired) electrons. The Bertz CT molecular complexity index is 1050. The maximum Gasteiger partial charge on any atom is 0.269 e. The summed E-state index contributed by atoms with van der Waals surface area (Å²) in [6.45, 7) is 2.08. The van der Waals surface area contributed by atoms with Gasteiger partial charge in [-0.2, -0.15) is 0 Å². The highest BCUT2D eigenvalue weighted by Gasteiger charge is 2.44. The highest BCUT2D eigenvalue weighted by Crippen LogP contribution is 2.38. The third kappa shape index (κ3) is 5.16. The Hall–Kier alpha value is -2.77. The molecule has 166 valence electrons. The third-order valence-corrected chi connectivity index (χ3v) is 6.02. The summed E-state index contributed by atoms with van der Waals surface area (Å²) in [7, 11) is 0. The number of rotatable bonds is 8. The van der Waals surface area contributed by atoms with Crippen LogP contribution in [0.15, 0.2) is 78.9 Å². The zero-order chi connectivity index (χ0) is 22.4. The number of benzene rings is 3. The lowest BCUT2D eigenvalue weighted by molar-refractivity contribution is -0.385. The molecule has 0 aliphatic carbocycles. The van der Waals surface area contributed by atoms with E-state index in [9.17, 15) is 10.1 Å². The Morgan fingerprint density at radius 1 is 1.00 bits per heavy atom. The molecule has 1 aliphatic rings. The molecule has 0 aromatic heterocycles. The summed E-state index contributed by atoms with van der Waals surface area (Å²) in [6.07, 6.45) is 0.432. The third-order valence-electron chi connectivity index (χ3n) is 5.77. The number of ether oxygens (including phenoxy) is 2. The lowest BCUT2D eigenvalue weighted by atomic mass is 9.82. The molecule has 3 aromatic carbocycles. The van der Waals surface area contributed by atoms with E-state index >= 15 is 0 Å². The van der Waals surface area contributed by atoms with Crippen LogP contribution in [0.3, 0.4) is 0 Å². The number of nitrogens with one attached hydrogen (secondary N) is 1. The normalized spacial score (nSPS) is 20.7. The first-order valence-electron chi connectivity index (χ1n) is 10.6. The number of hydrogen-bond donors (Lipinski definition) is 1.